The zero-order valence-electron chi connectivity index (χ0n) is 4.82. The summed E-state index contributed by atoms with van der Waals surface area (Å²) in [5.74, 6) is 0. The summed E-state index contributed by atoms with van der Waals surface area (Å²) in [5.41, 5.74) is 5.89. The van der Waals surface area contributed by atoms with Gasteiger partial charge in [-0.25, -0.2) is 0 Å². The molecule has 0 aromatic carbocycles. The molecule has 4 nitrogen and oxygen atoms in total. The van der Waals surface area contributed by atoms with Crippen LogP contribution in [0.25, 0.3) is 0 Å². The zero-order valence-corrected chi connectivity index (χ0v) is 4.82. The molecule has 0 saturated heterocycles. The third kappa shape index (κ3) is 1.28. The number of hydrogen-bond donors (Lipinski definition) is 1. The van der Waals surface area contributed by atoms with Crippen molar-refractivity contribution in [1.82, 2.24) is 9.78 Å². The number of aromatic nitrogens is 2. The minimum atomic E-state index is 0.275. The second-order valence-electron chi connectivity index (χ2n) is 1.66. The van der Waals surface area contributed by atoms with Gasteiger partial charge >= 0.3 is 0 Å². The van der Waals surface area contributed by atoms with Crippen LogP contribution < -0.4 is 5.73 Å². The molecule has 4 heteroatoms. The van der Waals surface area contributed by atoms with Gasteiger partial charge in [0, 0.05) is 6.20 Å². The van der Waals surface area contributed by atoms with E-state index in [1.807, 2.05) is 0 Å². The summed E-state index contributed by atoms with van der Waals surface area (Å²) in [5, 5.41) is 3.77. The number of anilines is 1. The number of nitrogen functional groups attached to an aromatic ring is 1. The topological polar surface area (TPSA) is 60.9 Å². The fourth-order valence-electron chi connectivity index (χ4n) is 0.556. The van der Waals surface area contributed by atoms with Crippen LogP contribution in [0, 0.1) is 0 Å². The van der Waals surface area contributed by atoms with Crippen molar-refractivity contribution in [3.63, 3.8) is 0 Å². The van der Waals surface area contributed by atoms with Crippen molar-refractivity contribution in [3.8, 4) is 0 Å². The highest BCUT2D eigenvalue weighted by Gasteiger charge is 1.89. The lowest BCUT2D eigenvalue weighted by Crippen LogP contribution is -1.97. The Labute approximate surface area is 52.3 Å². The van der Waals surface area contributed by atoms with E-state index in [0.29, 0.717) is 5.69 Å². The molecule has 1 aromatic rings. The monoisotopic (exact) mass is 125 g/mol. The van der Waals surface area contributed by atoms with Gasteiger partial charge in [0.15, 0.2) is 0 Å². The third-order valence-corrected chi connectivity index (χ3v) is 0.915. The summed E-state index contributed by atoms with van der Waals surface area (Å²) in [4.78, 5) is 9.88. The van der Waals surface area contributed by atoms with Gasteiger partial charge < -0.3 is 10.5 Å². The fourth-order valence-corrected chi connectivity index (χ4v) is 0.556. The van der Waals surface area contributed by atoms with Gasteiger partial charge in [0.1, 0.15) is 6.29 Å². The van der Waals surface area contributed by atoms with Crippen molar-refractivity contribution in [2.45, 2.75) is 6.54 Å². The van der Waals surface area contributed by atoms with E-state index in [1.54, 1.807) is 6.20 Å². The first-order valence-corrected chi connectivity index (χ1v) is 2.54. The van der Waals surface area contributed by atoms with E-state index in [9.17, 15) is 4.79 Å². The van der Waals surface area contributed by atoms with Gasteiger partial charge in [0.05, 0.1) is 18.4 Å². The summed E-state index contributed by atoms with van der Waals surface area (Å²) >= 11 is 0. The van der Waals surface area contributed by atoms with Crippen LogP contribution in [0.4, 0.5) is 5.69 Å². The second-order valence-corrected chi connectivity index (χ2v) is 1.66. The summed E-state index contributed by atoms with van der Waals surface area (Å²) in [7, 11) is 0. The summed E-state index contributed by atoms with van der Waals surface area (Å²) in [6.45, 7) is 0.275. The van der Waals surface area contributed by atoms with E-state index < -0.39 is 0 Å². The Morgan fingerprint density at radius 3 is 3.11 bits per heavy atom. The number of aldehydes is 1. The molecule has 0 amide bonds. The lowest BCUT2D eigenvalue weighted by Gasteiger charge is -1.87. The highest BCUT2D eigenvalue weighted by Crippen LogP contribution is 1.95. The van der Waals surface area contributed by atoms with Gasteiger partial charge in [0.2, 0.25) is 0 Å². The molecular weight excluding hydrogens is 118 g/mol. The molecule has 0 fully saturated rings. The van der Waals surface area contributed by atoms with E-state index in [4.69, 9.17) is 5.73 Å². The first-order chi connectivity index (χ1) is 4.33. The molecule has 0 saturated carbocycles. The molecule has 1 aromatic heterocycles. The highest BCUT2D eigenvalue weighted by molar-refractivity contribution is 5.49. The van der Waals surface area contributed by atoms with Crippen LogP contribution in [0.5, 0.6) is 0 Å². The Balaban J connectivity index is 2.72. The second kappa shape index (κ2) is 2.30. The van der Waals surface area contributed by atoms with Gasteiger partial charge in [-0.05, 0) is 0 Å². The summed E-state index contributed by atoms with van der Waals surface area (Å²) in [6.07, 6.45) is 3.88. The van der Waals surface area contributed by atoms with E-state index in [2.05, 4.69) is 5.10 Å². The van der Waals surface area contributed by atoms with Crippen LogP contribution >= 0.6 is 0 Å². The van der Waals surface area contributed by atoms with Gasteiger partial charge in [-0.2, -0.15) is 5.10 Å². The molecule has 0 spiro atoms. The first kappa shape index (κ1) is 5.81. The molecule has 48 valence electrons. The van der Waals surface area contributed by atoms with Gasteiger partial charge in [-0.15, -0.1) is 0 Å². The maximum atomic E-state index is 9.88. The predicted molar refractivity (Wildman–Crippen MR) is 32.7 cm³/mol. The Morgan fingerprint density at radius 1 is 1.89 bits per heavy atom. The van der Waals surface area contributed by atoms with Crippen molar-refractivity contribution in [2.75, 3.05) is 5.73 Å². The molecule has 9 heavy (non-hydrogen) atoms. The Hall–Kier alpha value is -1.32. The van der Waals surface area contributed by atoms with E-state index in [-0.39, 0.29) is 6.54 Å². The average Bonchev–Trinajstić information content (AvgIpc) is 2.17. The summed E-state index contributed by atoms with van der Waals surface area (Å²) < 4.78 is 1.47. The molecule has 0 atom stereocenters. The lowest BCUT2D eigenvalue weighted by atomic mass is 10.6. The minimum absolute atomic E-state index is 0.275. The number of nitrogens with two attached hydrogens (primary N) is 1. The minimum Gasteiger partial charge on any atom is -0.396 e. The number of rotatable bonds is 2. The first-order valence-electron chi connectivity index (χ1n) is 2.54. The van der Waals surface area contributed by atoms with Crippen LogP contribution in [0.15, 0.2) is 12.4 Å². The third-order valence-electron chi connectivity index (χ3n) is 0.915. The Bertz CT molecular complexity index is 206. The smallest absolute Gasteiger partial charge is 0.141 e. The molecule has 0 unspecified atom stereocenters. The van der Waals surface area contributed by atoms with Gasteiger partial charge in [-0.3, -0.25) is 4.68 Å². The Kier molecular flexibility index (Phi) is 1.48. The quantitative estimate of drug-likeness (QED) is 0.550. The zero-order chi connectivity index (χ0) is 6.69. The molecule has 0 aliphatic carbocycles. The largest absolute Gasteiger partial charge is 0.396 e. The van der Waals surface area contributed by atoms with E-state index >= 15 is 0 Å². The molecule has 0 bridgehead atoms. The maximum Gasteiger partial charge on any atom is 0.141 e. The van der Waals surface area contributed by atoms with Crippen molar-refractivity contribution in [2.24, 2.45) is 0 Å². The maximum absolute atomic E-state index is 9.88. The fraction of sp³-hybridized carbons (Fsp3) is 0.200. The van der Waals surface area contributed by atoms with Crippen LogP contribution in [0.3, 0.4) is 0 Å². The van der Waals surface area contributed by atoms with Gasteiger partial charge in [0.25, 0.3) is 0 Å². The molecule has 1 heterocycles. The van der Waals surface area contributed by atoms with Crippen molar-refractivity contribution in [1.29, 1.82) is 0 Å². The predicted octanol–water partition coefficient (Wildman–Crippen LogP) is -0.336. The van der Waals surface area contributed by atoms with E-state index in [0.717, 1.165) is 6.29 Å². The standard InChI is InChI=1S/C5H7N3O/c6-5-3-7-8(4-5)1-2-9/h2-4H,1,6H2. The molecule has 0 aliphatic rings. The lowest BCUT2D eigenvalue weighted by molar-refractivity contribution is -0.108. The van der Waals surface area contributed by atoms with Crippen LogP contribution in [-0.2, 0) is 11.3 Å². The number of carbonyl (C=O) groups excluding carboxylic acids is 1. The molecule has 2 N–H and O–H groups in total. The van der Waals surface area contributed by atoms with Crippen LogP contribution in [-0.4, -0.2) is 16.1 Å². The van der Waals surface area contributed by atoms with E-state index in [1.165, 1.54) is 10.9 Å². The van der Waals surface area contributed by atoms with Crippen molar-refractivity contribution >= 4 is 12.0 Å². The molecule has 0 radical (unpaired) electrons. The SMILES string of the molecule is Nc1cnn(CC=O)c1. The number of nitrogens with zero attached hydrogens (tertiary/aromatic N) is 2. The normalized spacial score (nSPS) is 9.33. The van der Waals surface area contributed by atoms with Gasteiger partial charge in [-0.1, -0.05) is 0 Å². The van der Waals surface area contributed by atoms with Crippen molar-refractivity contribution in [3.05, 3.63) is 12.4 Å². The van der Waals surface area contributed by atoms with Crippen molar-refractivity contribution < 1.29 is 4.79 Å². The molecular formula is C5H7N3O. The molecule has 1 rings (SSSR count). The summed E-state index contributed by atoms with van der Waals surface area (Å²) in [6, 6.07) is 0. The highest BCUT2D eigenvalue weighted by atomic mass is 16.1. The number of carbonyl (C=O) groups is 1. The van der Waals surface area contributed by atoms with Crippen LogP contribution in [0.2, 0.25) is 0 Å². The Morgan fingerprint density at radius 2 is 2.67 bits per heavy atom. The van der Waals surface area contributed by atoms with Crippen LogP contribution in [0.1, 0.15) is 0 Å². The average molecular weight is 125 g/mol. The number of hydrogen-bond acceptors (Lipinski definition) is 3. The molecule has 0 aliphatic heterocycles.